The van der Waals surface area contributed by atoms with Gasteiger partial charge in [0.2, 0.25) is 0 Å². The summed E-state index contributed by atoms with van der Waals surface area (Å²) in [6.45, 7) is 3.23. The Morgan fingerprint density at radius 1 is 0.952 bits per heavy atom. The molecule has 0 bridgehead atoms. The molecule has 118 valence electrons. The van der Waals surface area contributed by atoms with Gasteiger partial charge in [-0.1, -0.05) is 60.7 Å². The maximum absolute atomic E-state index is 5.83. The monoisotopic (exact) mass is 352 g/mol. The first kappa shape index (κ1) is 16.9. The lowest BCUT2D eigenvalue weighted by Gasteiger charge is -2.26. The highest BCUT2D eigenvalue weighted by Crippen LogP contribution is 2.35. The second-order valence-electron chi connectivity index (χ2n) is 6.48. The first-order chi connectivity index (χ1) is 10.3. The molecule has 0 atom stereocenters. The number of ether oxygens (including phenoxy) is 1. The molecule has 1 aromatic rings. The largest absolute Gasteiger partial charge is 0.494 e. The van der Waals surface area contributed by atoms with Gasteiger partial charge in [-0.25, -0.2) is 0 Å². The van der Waals surface area contributed by atoms with Gasteiger partial charge in [0.1, 0.15) is 5.75 Å². The molecule has 0 unspecified atom stereocenters. The first-order valence-corrected chi connectivity index (χ1v) is 9.70. The van der Waals surface area contributed by atoms with Gasteiger partial charge in [0, 0.05) is 5.33 Å². The molecule has 0 spiro atoms. The van der Waals surface area contributed by atoms with Crippen LogP contribution in [0.3, 0.4) is 0 Å². The molecule has 0 heterocycles. The van der Waals surface area contributed by atoms with Crippen LogP contribution in [0.15, 0.2) is 24.3 Å². The molecule has 21 heavy (non-hydrogen) atoms. The molecular formula is C19H29BrO. The van der Waals surface area contributed by atoms with Gasteiger partial charge in [0.15, 0.2) is 0 Å². The number of hydrogen-bond acceptors (Lipinski definition) is 1. The van der Waals surface area contributed by atoms with E-state index in [1.165, 1.54) is 50.5 Å². The zero-order valence-electron chi connectivity index (χ0n) is 13.3. The molecule has 0 saturated heterocycles. The fourth-order valence-corrected chi connectivity index (χ4v) is 3.57. The zero-order valence-corrected chi connectivity index (χ0v) is 14.9. The number of alkyl halides is 1. The van der Waals surface area contributed by atoms with Crippen LogP contribution in [0.2, 0.25) is 0 Å². The molecule has 2 rings (SSSR count). The molecule has 1 aromatic carbocycles. The molecule has 0 radical (unpaired) electrons. The Morgan fingerprint density at radius 3 is 2.29 bits per heavy atom. The van der Waals surface area contributed by atoms with Crippen LogP contribution in [-0.4, -0.2) is 11.9 Å². The Kier molecular flexibility index (Phi) is 7.63. The highest BCUT2D eigenvalue weighted by atomic mass is 79.9. The average Bonchev–Trinajstić information content (AvgIpc) is 2.52. The van der Waals surface area contributed by atoms with Crippen LogP contribution >= 0.6 is 15.9 Å². The van der Waals surface area contributed by atoms with Crippen molar-refractivity contribution >= 4 is 15.9 Å². The van der Waals surface area contributed by atoms with E-state index in [0.29, 0.717) is 0 Å². The third kappa shape index (κ3) is 6.02. The summed E-state index contributed by atoms with van der Waals surface area (Å²) < 4.78 is 5.83. The normalized spacial score (nSPS) is 22.2. The van der Waals surface area contributed by atoms with E-state index in [1.54, 1.807) is 0 Å². The fourth-order valence-electron chi connectivity index (χ4n) is 3.17. The van der Waals surface area contributed by atoms with Crippen molar-refractivity contribution in [3.05, 3.63) is 29.8 Å². The van der Waals surface area contributed by atoms with Crippen LogP contribution < -0.4 is 4.74 Å². The van der Waals surface area contributed by atoms with E-state index in [9.17, 15) is 0 Å². The standard InChI is InChI=1S/C19H29BrO/c1-16-6-8-17(9-7-16)18-10-12-19(13-11-18)21-15-5-3-2-4-14-20/h10-13,16-17H,2-9,14-15H2,1H3. The third-order valence-corrected chi connectivity index (χ3v) is 5.22. The van der Waals surface area contributed by atoms with Crippen molar-refractivity contribution in [2.75, 3.05) is 11.9 Å². The molecule has 0 N–H and O–H groups in total. The molecule has 1 saturated carbocycles. The van der Waals surface area contributed by atoms with Gasteiger partial charge in [-0.15, -0.1) is 0 Å². The van der Waals surface area contributed by atoms with Gasteiger partial charge >= 0.3 is 0 Å². The predicted molar refractivity (Wildman–Crippen MR) is 94.6 cm³/mol. The summed E-state index contributed by atoms with van der Waals surface area (Å²) >= 11 is 3.47. The summed E-state index contributed by atoms with van der Waals surface area (Å²) in [5, 5.41) is 1.12. The molecular weight excluding hydrogens is 324 g/mol. The molecule has 1 nitrogen and oxygen atoms in total. The number of halogens is 1. The number of unbranched alkanes of at least 4 members (excludes halogenated alkanes) is 3. The average molecular weight is 353 g/mol. The van der Waals surface area contributed by atoms with Gasteiger partial charge in [-0.05, 0) is 55.2 Å². The van der Waals surface area contributed by atoms with E-state index in [2.05, 4.69) is 47.1 Å². The van der Waals surface area contributed by atoms with Crippen LogP contribution in [0.4, 0.5) is 0 Å². The van der Waals surface area contributed by atoms with E-state index in [-0.39, 0.29) is 0 Å². The molecule has 2 heteroatoms. The quantitative estimate of drug-likeness (QED) is 0.393. The van der Waals surface area contributed by atoms with Crippen molar-refractivity contribution in [1.29, 1.82) is 0 Å². The Labute approximate surface area is 138 Å². The summed E-state index contributed by atoms with van der Waals surface area (Å²) in [4.78, 5) is 0. The van der Waals surface area contributed by atoms with Crippen LogP contribution in [-0.2, 0) is 0 Å². The Bertz CT molecular complexity index is 379. The molecule has 0 aromatic heterocycles. The molecule has 1 aliphatic rings. The summed E-state index contributed by atoms with van der Waals surface area (Å²) in [5.74, 6) is 2.73. The van der Waals surface area contributed by atoms with Gasteiger partial charge in [-0.2, -0.15) is 0 Å². The minimum Gasteiger partial charge on any atom is -0.494 e. The highest BCUT2D eigenvalue weighted by Gasteiger charge is 2.19. The summed E-state index contributed by atoms with van der Waals surface area (Å²) in [6.07, 6.45) is 10.5. The lowest BCUT2D eigenvalue weighted by Crippen LogP contribution is -2.10. The maximum Gasteiger partial charge on any atom is 0.119 e. The van der Waals surface area contributed by atoms with E-state index in [4.69, 9.17) is 4.74 Å². The van der Waals surface area contributed by atoms with E-state index in [0.717, 1.165) is 35.9 Å². The first-order valence-electron chi connectivity index (χ1n) is 8.58. The second kappa shape index (κ2) is 9.50. The van der Waals surface area contributed by atoms with E-state index in [1.807, 2.05) is 0 Å². The smallest absolute Gasteiger partial charge is 0.119 e. The molecule has 1 aliphatic carbocycles. The van der Waals surface area contributed by atoms with Crippen LogP contribution in [0.1, 0.15) is 69.8 Å². The summed E-state index contributed by atoms with van der Waals surface area (Å²) in [5.41, 5.74) is 1.51. The van der Waals surface area contributed by atoms with Crippen molar-refractivity contribution in [3.8, 4) is 5.75 Å². The molecule has 1 fully saturated rings. The third-order valence-electron chi connectivity index (χ3n) is 4.66. The topological polar surface area (TPSA) is 9.23 Å². The zero-order chi connectivity index (χ0) is 14.9. The minimum absolute atomic E-state index is 0.777. The van der Waals surface area contributed by atoms with Crippen LogP contribution in [0.5, 0.6) is 5.75 Å². The Balaban J connectivity index is 1.69. The van der Waals surface area contributed by atoms with E-state index < -0.39 is 0 Å². The molecule has 0 aliphatic heterocycles. The Hall–Kier alpha value is -0.500. The predicted octanol–water partition coefficient (Wildman–Crippen LogP) is 6.31. The van der Waals surface area contributed by atoms with Crippen molar-refractivity contribution in [1.82, 2.24) is 0 Å². The van der Waals surface area contributed by atoms with Crippen molar-refractivity contribution in [2.45, 2.75) is 64.2 Å². The van der Waals surface area contributed by atoms with Crippen LogP contribution in [0, 0.1) is 5.92 Å². The number of hydrogen-bond donors (Lipinski definition) is 0. The van der Waals surface area contributed by atoms with Crippen molar-refractivity contribution in [3.63, 3.8) is 0 Å². The van der Waals surface area contributed by atoms with Crippen molar-refractivity contribution < 1.29 is 4.74 Å². The van der Waals surface area contributed by atoms with Gasteiger partial charge in [-0.3, -0.25) is 0 Å². The Morgan fingerprint density at radius 2 is 1.62 bits per heavy atom. The lowest BCUT2D eigenvalue weighted by molar-refractivity contribution is 0.304. The van der Waals surface area contributed by atoms with E-state index >= 15 is 0 Å². The molecule has 0 amide bonds. The number of benzene rings is 1. The summed E-state index contributed by atoms with van der Waals surface area (Å²) in [6, 6.07) is 8.87. The number of rotatable bonds is 8. The van der Waals surface area contributed by atoms with Crippen LogP contribution in [0.25, 0.3) is 0 Å². The highest BCUT2D eigenvalue weighted by molar-refractivity contribution is 9.09. The SMILES string of the molecule is CC1CCC(c2ccc(OCCCCCCBr)cc2)CC1. The van der Waals surface area contributed by atoms with Gasteiger partial charge in [0.25, 0.3) is 0 Å². The van der Waals surface area contributed by atoms with Gasteiger partial charge in [0.05, 0.1) is 6.61 Å². The lowest BCUT2D eigenvalue weighted by atomic mass is 9.79. The van der Waals surface area contributed by atoms with Crippen molar-refractivity contribution in [2.24, 2.45) is 5.92 Å². The minimum atomic E-state index is 0.777. The maximum atomic E-state index is 5.83. The fraction of sp³-hybridized carbons (Fsp3) is 0.684. The van der Waals surface area contributed by atoms with Gasteiger partial charge < -0.3 is 4.74 Å². The summed E-state index contributed by atoms with van der Waals surface area (Å²) in [7, 11) is 0. The second-order valence-corrected chi connectivity index (χ2v) is 7.27.